The summed E-state index contributed by atoms with van der Waals surface area (Å²) >= 11 is 0. The van der Waals surface area contributed by atoms with Crippen LogP contribution < -0.4 is 5.73 Å². The maximum atomic E-state index is 14.2. The molecule has 2 aliphatic rings. The van der Waals surface area contributed by atoms with Gasteiger partial charge in [-0.1, -0.05) is 0 Å². The van der Waals surface area contributed by atoms with Crippen molar-refractivity contribution in [1.29, 1.82) is 0 Å². The lowest BCUT2D eigenvalue weighted by molar-refractivity contribution is 0.0430. The van der Waals surface area contributed by atoms with Crippen molar-refractivity contribution in [3.05, 3.63) is 52.9 Å². The van der Waals surface area contributed by atoms with Crippen LogP contribution in [0.15, 0.2) is 24.4 Å². The molecule has 7 nitrogen and oxygen atoms in total. The van der Waals surface area contributed by atoms with E-state index >= 15 is 0 Å². The molecule has 2 aliphatic heterocycles. The van der Waals surface area contributed by atoms with Crippen LogP contribution in [-0.2, 0) is 27.8 Å². The number of halogens is 2. The van der Waals surface area contributed by atoms with Crippen molar-refractivity contribution in [2.75, 3.05) is 12.9 Å². The molecule has 0 amide bonds. The van der Waals surface area contributed by atoms with Crippen molar-refractivity contribution < 1.29 is 21.9 Å². The number of aromatic nitrogens is 2. The zero-order chi connectivity index (χ0) is 20.1. The number of ether oxygens (including phenoxy) is 1. The van der Waals surface area contributed by atoms with Gasteiger partial charge < -0.3 is 10.5 Å². The second-order valence-corrected chi connectivity index (χ2v) is 9.28. The third-order valence-corrected chi connectivity index (χ3v) is 6.25. The Morgan fingerprint density at radius 3 is 2.79 bits per heavy atom. The van der Waals surface area contributed by atoms with Crippen LogP contribution in [0.4, 0.5) is 8.78 Å². The predicted octanol–water partition coefficient (Wildman–Crippen LogP) is 1.53. The summed E-state index contributed by atoms with van der Waals surface area (Å²) in [5, 5.41) is 4.17. The van der Waals surface area contributed by atoms with Gasteiger partial charge in [-0.2, -0.15) is 9.19 Å². The molecule has 0 aliphatic carbocycles. The molecule has 1 saturated heterocycles. The fourth-order valence-electron chi connectivity index (χ4n) is 3.98. The van der Waals surface area contributed by atoms with E-state index in [1.807, 2.05) is 0 Å². The Kier molecular flexibility index (Phi) is 4.98. The Hall–Kier alpha value is -1.88. The van der Waals surface area contributed by atoms with E-state index in [1.165, 1.54) is 0 Å². The van der Waals surface area contributed by atoms with E-state index in [0.29, 0.717) is 32.5 Å². The Balaban J connectivity index is 1.48. The van der Waals surface area contributed by atoms with Crippen LogP contribution in [0.5, 0.6) is 0 Å². The van der Waals surface area contributed by atoms with E-state index in [1.54, 1.807) is 6.20 Å². The summed E-state index contributed by atoms with van der Waals surface area (Å²) in [4.78, 5) is 2.18. The minimum absolute atomic E-state index is 0.0810. The quantitative estimate of drug-likeness (QED) is 0.822. The number of benzene rings is 1. The summed E-state index contributed by atoms with van der Waals surface area (Å²) < 4.78 is 57.8. The van der Waals surface area contributed by atoms with E-state index in [9.17, 15) is 17.2 Å². The number of rotatable bonds is 3. The van der Waals surface area contributed by atoms with Crippen molar-refractivity contribution in [2.24, 2.45) is 5.73 Å². The molecule has 1 aromatic heterocycles. The van der Waals surface area contributed by atoms with Crippen LogP contribution in [0.3, 0.4) is 0 Å². The van der Waals surface area contributed by atoms with E-state index in [-0.39, 0.29) is 11.6 Å². The summed E-state index contributed by atoms with van der Waals surface area (Å²) in [6.45, 7) is 1.46. The highest BCUT2D eigenvalue weighted by molar-refractivity contribution is 7.89. The molecule has 0 radical (unpaired) electrons. The van der Waals surface area contributed by atoms with Crippen molar-refractivity contribution in [1.82, 2.24) is 14.1 Å². The van der Waals surface area contributed by atoms with Gasteiger partial charge in [0, 0.05) is 49.1 Å². The molecular formula is C18H22F2N4O3S. The standard InChI is InChI=1S/C18H22F2N4O3S/c1-28(25,26)24-9-11-8-23(10-17(11)22-24)13-4-5-27-18(16(21)7-13)14-6-12(19)2-3-15(14)20/h2-3,6,9,13,16,18H,4-5,7-8,10,21H2,1H3/t13?,16-,18+/m0/s1. The number of hydrogen-bond acceptors (Lipinski definition) is 6. The molecule has 10 heteroatoms. The van der Waals surface area contributed by atoms with Gasteiger partial charge >= 0.3 is 0 Å². The predicted molar refractivity (Wildman–Crippen MR) is 97.8 cm³/mol. The molecule has 1 unspecified atom stereocenters. The highest BCUT2D eigenvalue weighted by atomic mass is 32.2. The van der Waals surface area contributed by atoms with E-state index in [0.717, 1.165) is 39.8 Å². The van der Waals surface area contributed by atoms with E-state index in [2.05, 4.69) is 10.00 Å². The average Bonchev–Trinajstić information content (AvgIpc) is 3.13. The normalized spacial score (nSPS) is 26.2. The van der Waals surface area contributed by atoms with Crippen molar-refractivity contribution in [3.8, 4) is 0 Å². The fraction of sp³-hybridized carbons (Fsp3) is 0.500. The minimum Gasteiger partial charge on any atom is -0.372 e. The third kappa shape index (κ3) is 3.69. The molecule has 0 spiro atoms. The molecule has 0 saturated carbocycles. The van der Waals surface area contributed by atoms with E-state index in [4.69, 9.17) is 10.5 Å². The zero-order valence-corrected chi connectivity index (χ0v) is 16.2. The highest BCUT2D eigenvalue weighted by Crippen LogP contribution is 2.33. The molecule has 2 N–H and O–H groups in total. The lowest BCUT2D eigenvalue weighted by Crippen LogP contribution is -2.38. The van der Waals surface area contributed by atoms with Gasteiger partial charge in [0.2, 0.25) is 0 Å². The topological polar surface area (TPSA) is 90.5 Å². The van der Waals surface area contributed by atoms with Gasteiger partial charge in [-0.05, 0) is 31.0 Å². The van der Waals surface area contributed by atoms with Gasteiger partial charge in [-0.3, -0.25) is 4.90 Å². The first kappa shape index (κ1) is 19.4. The first-order valence-corrected chi connectivity index (χ1v) is 10.9. The monoisotopic (exact) mass is 412 g/mol. The van der Waals surface area contributed by atoms with Crippen LogP contribution in [0.1, 0.15) is 35.8 Å². The Morgan fingerprint density at radius 2 is 2.07 bits per heavy atom. The van der Waals surface area contributed by atoms with Crippen LogP contribution in [0.2, 0.25) is 0 Å². The molecule has 2 aromatic rings. The van der Waals surface area contributed by atoms with Gasteiger partial charge in [0.25, 0.3) is 10.0 Å². The molecule has 152 valence electrons. The van der Waals surface area contributed by atoms with Gasteiger partial charge in [0.05, 0.1) is 11.9 Å². The first-order chi connectivity index (χ1) is 13.2. The lowest BCUT2D eigenvalue weighted by Gasteiger charge is -2.28. The Labute approximate surface area is 162 Å². The fourth-order valence-corrected chi connectivity index (χ4v) is 4.54. The largest absolute Gasteiger partial charge is 0.372 e. The van der Waals surface area contributed by atoms with Crippen molar-refractivity contribution in [3.63, 3.8) is 0 Å². The van der Waals surface area contributed by atoms with Crippen molar-refractivity contribution >= 4 is 10.0 Å². The molecule has 3 heterocycles. The highest BCUT2D eigenvalue weighted by Gasteiger charge is 2.35. The zero-order valence-electron chi connectivity index (χ0n) is 15.4. The summed E-state index contributed by atoms with van der Waals surface area (Å²) in [5.74, 6) is -1.06. The first-order valence-electron chi connectivity index (χ1n) is 9.06. The smallest absolute Gasteiger partial charge is 0.250 e. The Morgan fingerprint density at radius 1 is 1.29 bits per heavy atom. The number of hydrogen-bond donors (Lipinski definition) is 1. The molecule has 3 atom stereocenters. The minimum atomic E-state index is -3.40. The number of fused-ring (bicyclic) bond motifs is 1. The Bertz CT molecular complexity index is 971. The molecule has 1 fully saturated rings. The molecule has 0 bridgehead atoms. The molecular weight excluding hydrogens is 390 g/mol. The maximum Gasteiger partial charge on any atom is 0.250 e. The maximum absolute atomic E-state index is 14.2. The van der Waals surface area contributed by atoms with Crippen LogP contribution in [0, 0.1) is 11.6 Å². The summed E-state index contributed by atoms with van der Waals surface area (Å²) in [6, 6.07) is 2.88. The summed E-state index contributed by atoms with van der Waals surface area (Å²) in [7, 11) is -3.40. The van der Waals surface area contributed by atoms with Crippen molar-refractivity contribution in [2.45, 2.75) is 44.1 Å². The third-order valence-electron chi connectivity index (χ3n) is 5.38. The number of nitrogens with two attached hydrogens (primary N) is 1. The van der Waals surface area contributed by atoms with E-state index < -0.39 is 33.8 Å². The lowest BCUT2D eigenvalue weighted by atomic mass is 9.96. The second kappa shape index (κ2) is 7.18. The second-order valence-electron chi connectivity index (χ2n) is 7.44. The summed E-state index contributed by atoms with van der Waals surface area (Å²) in [6.07, 6.45) is 3.19. The molecule has 1 aromatic carbocycles. The van der Waals surface area contributed by atoms with Gasteiger partial charge in [0.1, 0.15) is 17.7 Å². The average molecular weight is 412 g/mol. The molecule has 28 heavy (non-hydrogen) atoms. The molecule has 4 rings (SSSR count). The van der Waals surface area contributed by atoms with Gasteiger partial charge in [-0.25, -0.2) is 17.2 Å². The van der Waals surface area contributed by atoms with Gasteiger partial charge in [-0.15, -0.1) is 0 Å². The van der Waals surface area contributed by atoms with Gasteiger partial charge in [0.15, 0.2) is 0 Å². The van der Waals surface area contributed by atoms with Crippen LogP contribution in [-0.4, -0.2) is 47.4 Å². The number of nitrogens with zero attached hydrogens (tertiary/aromatic N) is 3. The summed E-state index contributed by atoms with van der Waals surface area (Å²) in [5.41, 5.74) is 8.06. The van der Waals surface area contributed by atoms with Crippen LogP contribution >= 0.6 is 0 Å². The van der Waals surface area contributed by atoms with Crippen LogP contribution in [0.25, 0.3) is 0 Å². The SMILES string of the molecule is CS(=O)(=O)n1cc2c(n1)CN(C1CCO[C@H](c3cc(F)ccc3F)[C@@H](N)C1)C2.